The molecule has 2 N–H and O–H groups in total. The first-order valence-electron chi connectivity index (χ1n) is 6.69. The number of nitrogens with one attached hydrogen (secondary N) is 2. The SMILES string of the molecule is COc1ccc(C)c2sc(NC(=O)NC3CCC3)nc12. The van der Waals surface area contributed by atoms with Crippen molar-refractivity contribution in [2.45, 2.75) is 32.2 Å². The summed E-state index contributed by atoms with van der Waals surface area (Å²) in [4.78, 5) is 16.3. The van der Waals surface area contributed by atoms with E-state index in [0.717, 1.165) is 34.4 Å². The van der Waals surface area contributed by atoms with Crippen molar-refractivity contribution in [1.29, 1.82) is 0 Å². The number of hydrogen-bond donors (Lipinski definition) is 2. The average molecular weight is 291 g/mol. The quantitative estimate of drug-likeness (QED) is 0.912. The summed E-state index contributed by atoms with van der Waals surface area (Å²) >= 11 is 1.47. The molecule has 1 fully saturated rings. The Hall–Kier alpha value is -1.82. The first-order chi connectivity index (χ1) is 9.67. The highest BCUT2D eigenvalue weighted by Gasteiger charge is 2.20. The lowest BCUT2D eigenvalue weighted by Gasteiger charge is -2.26. The second-order valence-corrected chi connectivity index (χ2v) is 6.01. The fourth-order valence-corrected chi connectivity index (χ4v) is 3.15. The molecule has 0 bridgehead atoms. The van der Waals surface area contributed by atoms with Crippen molar-refractivity contribution in [3.8, 4) is 5.75 Å². The summed E-state index contributed by atoms with van der Waals surface area (Å²) in [6.45, 7) is 2.03. The van der Waals surface area contributed by atoms with E-state index in [1.807, 2.05) is 19.1 Å². The van der Waals surface area contributed by atoms with E-state index >= 15 is 0 Å². The molecule has 1 saturated carbocycles. The lowest BCUT2D eigenvalue weighted by molar-refractivity contribution is 0.240. The molecule has 1 aliphatic carbocycles. The molecule has 1 aromatic carbocycles. The molecule has 6 heteroatoms. The van der Waals surface area contributed by atoms with E-state index in [-0.39, 0.29) is 6.03 Å². The zero-order valence-electron chi connectivity index (χ0n) is 11.5. The third-order valence-electron chi connectivity index (χ3n) is 3.58. The molecule has 0 radical (unpaired) electrons. The Bertz CT molecular complexity index is 649. The van der Waals surface area contributed by atoms with Gasteiger partial charge in [-0.2, -0.15) is 0 Å². The largest absolute Gasteiger partial charge is 0.494 e. The summed E-state index contributed by atoms with van der Waals surface area (Å²) in [5.41, 5.74) is 1.93. The van der Waals surface area contributed by atoms with Gasteiger partial charge in [0.1, 0.15) is 11.3 Å². The minimum Gasteiger partial charge on any atom is -0.494 e. The van der Waals surface area contributed by atoms with Gasteiger partial charge in [0.05, 0.1) is 11.8 Å². The maximum Gasteiger partial charge on any atom is 0.321 e. The highest BCUT2D eigenvalue weighted by atomic mass is 32.1. The van der Waals surface area contributed by atoms with E-state index in [1.165, 1.54) is 17.8 Å². The molecule has 1 heterocycles. The minimum atomic E-state index is -0.176. The van der Waals surface area contributed by atoms with Gasteiger partial charge in [0, 0.05) is 6.04 Å². The molecule has 0 atom stereocenters. The number of carbonyl (C=O) groups is 1. The van der Waals surface area contributed by atoms with Gasteiger partial charge in [0.15, 0.2) is 5.13 Å². The van der Waals surface area contributed by atoms with Crippen molar-refractivity contribution >= 4 is 32.7 Å². The van der Waals surface area contributed by atoms with Crippen LogP contribution >= 0.6 is 11.3 Å². The summed E-state index contributed by atoms with van der Waals surface area (Å²) in [7, 11) is 1.62. The van der Waals surface area contributed by atoms with Gasteiger partial charge >= 0.3 is 6.03 Å². The van der Waals surface area contributed by atoms with Crippen molar-refractivity contribution in [2.75, 3.05) is 12.4 Å². The Kier molecular flexibility index (Phi) is 3.48. The van der Waals surface area contributed by atoms with Crippen LogP contribution in [0.1, 0.15) is 24.8 Å². The molecule has 0 saturated heterocycles. The number of methoxy groups -OCH3 is 1. The van der Waals surface area contributed by atoms with E-state index in [2.05, 4.69) is 15.6 Å². The van der Waals surface area contributed by atoms with Crippen LogP contribution in [0.2, 0.25) is 0 Å². The Balaban J connectivity index is 1.81. The predicted molar refractivity (Wildman–Crippen MR) is 80.7 cm³/mol. The third kappa shape index (κ3) is 2.43. The van der Waals surface area contributed by atoms with Crippen LogP contribution in [0, 0.1) is 6.92 Å². The maximum absolute atomic E-state index is 11.8. The average Bonchev–Trinajstić information content (AvgIpc) is 2.79. The lowest BCUT2D eigenvalue weighted by Crippen LogP contribution is -2.41. The Labute approximate surface area is 121 Å². The molecule has 0 unspecified atom stereocenters. The van der Waals surface area contributed by atoms with Crippen LogP contribution in [-0.4, -0.2) is 24.2 Å². The van der Waals surface area contributed by atoms with Gasteiger partial charge in [-0.25, -0.2) is 9.78 Å². The van der Waals surface area contributed by atoms with Crippen molar-refractivity contribution in [3.63, 3.8) is 0 Å². The third-order valence-corrected chi connectivity index (χ3v) is 4.69. The van der Waals surface area contributed by atoms with Crippen LogP contribution in [0.3, 0.4) is 0 Å². The summed E-state index contributed by atoms with van der Waals surface area (Å²) < 4.78 is 6.35. The monoisotopic (exact) mass is 291 g/mol. The summed E-state index contributed by atoms with van der Waals surface area (Å²) in [5.74, 6) is 0.731. The molecule has 20 heavy (non-hydrogen) atoms. The first-order valence-corrected chi connectivity index (χ1v) is 7.50. The topological polar surface area (TPSA) is 63.2 Å². The second kappa shape index (κ2) is 5.28. The van der Waals surface area contributed by atoms with Crippen LogP contribution in [0.5, 0.6) is 5.75 Å². The van der Waals surface area contributed by atoms with Gasteiger partial charge in [-0.3, -0.25) is 5.32 Å². The number of rotatable bonds is 3. The van der Waals surface area contributed by atoms with E-state index < -0.39 is 0 Å². The fraction of sp³-hybridized carbons (Fsp3) is 0.429. The van der Waals surface area contributed by atoms with Gasteiger partial charge in [0.2, 0.25) is 0 Å². The Morgan fingerprint density at radius 3 is 2.90 bits per heavy atom. The van der Waals surface area contributed by atoms with E-state index in [9.17, 15) is 4.79 Å². The molecule has 3 rings (SSSR count). The van der Waals surface area contributed by atoms with Crippen molar-refractivity contribution in [3.05, 3.63) is 17.7 Å². The molecule has 2 aromatic rings. The normalized spacial score (nSPS) is 14.9. The van der Waals surface area contributed by atoms with Gasteiger partial charge in [-0.15, -0.1) is 0 Å². The Morgan fingerprint density at radius 1 is 1.45 bits per heavy atom. The highest BCUT2D eigenvalue weighted by molar-refractivity contribution is 7.22. The van der Waals surface area contributed by atoms with Crippen molar-refractivity contribution in [1.82, 2.24) is 10.3 Å². The number of aromatic nitrogens is 1. The number of fused-ring (bicyclic) bond motifs is 1. The van der Waals surface area contributed by atoms with Crippen molar-refractivity contribution in [2.24, 2.45) is 0 Å². The van der Waals surface area contributed by atoms with E-state index in [1.54, 1.807) is 7.11 Å². The fourth-order valence-electron chi connectivity index (χ4n) is 2.20. The first kappa shape index (κ1) is 13.2. The van der Waals surface area contributed by atoms with Gasteiger partial charge in [-0.1, -0.05) is 17.4 Å². The number of nitrogens with zero attached hydrogens (tertiary/aromatic N) is 1. The van der Waals surface area contributed by atoms with Crippen LogP contribution in [-0.2, 0) is 0 Å². The zero-order chi connectivity index (χ0) is 14.1. The molecular weight excluding hydrogens is 274 g/mol. The summed E-state index contributed by atoms with van der Waals surface area (Å²) in [6.07, 6.45) is 3.34. The molecule has 1 aliphatic rings. The predicted octanol–water partition coefficient (Wildman–Crippen LogP) is 3.29. The number of aryl methyl sites for hydroxylation is 1. The Morgan fingerprint density at radius 2 is 2.25 bits per heavy atom. The maximum atomic E-state index is 11.8. The molecule has 106 valence electrons. The number of carbonyl (C=O) groups excluding carboxylic acids is 1. The number of benzene rings is 1. The highest BCUT2D eigenvalue weighted by Crippen LogP contribution is 2.34. The second-order valence-electron chi connectivity index (χ2n) is 5.01. The number of amides is 2. The van der Waals surface area contributed by atoms with Crippen LogP contribution < -0.4 is 15.4 Å². The van der Waals surface area contributed by atoms with E-state index in [4.69, 9.17) is 4.74 Å². The number of ether oxygens (including phenoxy) is 1. The summed E-state index contributed by atoms with van der Waals surface area (Å²) in [5, 5.41) is 6.35. The molecule has 0 aliphatic heterocycles. The van der Waals surface area contributed by atoms with Gasteiger partial charge < -0.3 is 10.1 Å². The lowest BCUT2D eigenvalue weighted by atomic mass is 9.93. The van der Waals surface area contributed by atoms with Gasteiger partial charge in [-0.05, 0) is 37.8 Å². The van der Waals surface area contributed by atoms with Gasteiger partial charge in [0.25, 0.3) is 0 Å². The number of hydrogen-bond acceptors (Lipinski definition) is 4. The minimum absolute atomic E-state index is 0.176. The zero-order valence-corrected chi connectivity index (χ0v) is 12.3. The van der Waals surface area contributed by atoms with E-state index in [0.29, 0.717) is 11.2 Å². The van der Waals surface area contributed by atoms with Crippen LogP contribution in [0.4, 0.5) is 9.93 Å². The molecule has 0 spiro atoms. The molecule has 2 amide bonds. The smallest absolute Gasteiger partial charge is 0.321 e. The number of thiazole rings is 1. The van der Waals surface area contributed by atoms with Crippen LogP contribution in [0.15, 0.2) is 12.1 Å². The summed E-state index contributed by atoms with van der Waals surface area (Å²) in [6, 6.07) is 4.04. The number of urea groups is 1. The van der Waals surface area contributed by atoms with Crippen molar-refractivity contribution < 1.29 is 9.53 Å². The molecular formula is C14H17N3O2S. The molecule has 5 nitrogen and oxygen atoms in total. The standard InChI is InChI=1S/C14H17N3O2S/c1-8-6-7-10(19-2)11-12(8)20-14(16-11)17-13(18)15-9-4-3-5-9/h6-7,9H,3-5H2,1-2H3,(H2,15,16,17,18). The van der Waals surface area contributed by atoms with Crippen LogP contribution in [0.25, 0.3) is 10.2 Å². The molecule has 1 aromatic heterocycles. The number of anilines is 1.